The number of rotatable bonds is 5. The molecule has 0 aliphatic heterocycles. The summed E-state index contributed by atoms with van der Waals surface area (Å²) in [5, 5.41) is 17.3. The molecule has 0 saturated heterocycles. The summed E-state index contributed by atoms with van der Waals surface area (Å²) in [6, 6.07) is 4.26. The molecular formula is C16H20N4O5. The van der Waals surface area contributed by atoms with E-state index in [0.717, 1.165) is 32.1 Å². The van der Waals surface area contributed by atoms with E-state index < -0.39 is 16.7 Å². The van der Waals surface area contributed by atoms with Crippen LogP contribution >= 0.6 is 0 Å². The Bertz CT molecular complexity index is 683. The minimum atomic E-state index is -0.871. The minimum Gasteiger partial charge on any atom is -0.490 e. The topological polar surface area (TPSA) is 123 Å². The predicted molar refractivity (Wildman–Crippen MR) is 90.4 cm³/mol. The maximum Gasteiger partial charge on any atom is 0.329 e. The van der Waals surface area contributed by atoms with Crippen LogP contribution in [0.15, 0.2) is 23.3 Å². The Labute approximate surface area is 144 Å². The van der Waals surface area contributed by atoms with Crippen molar-refractivity contribution in [3.05, 3.63) is 33.9 Å². The van der Waals surface area contributed by atoms with Gasteiger partial charge in [-0.2, -0.15) is 5.10 Å². The lowest BCUT2D eigenvalue weighted by Gasteiger charge is -2.22. The van der Waals surface area contributed by atoms with E-state index in [1.54, 1.807) is 6.07 Å². The summed E-state index contributed by atoms with van der Waals surface area (Å²) >= 11 is 0. The van der Waals surface area contributed by atoms with Gasteiger partial charge in [0.05, 0.1) is 18.2 Å². The minimum absolute atomic E-state index is 0.0280. The number of benzene rings is 1. The highest BCUT2D eigenvalue weighted by molar-refractivity contribution is 6.35. The number of amides is 2. The summed E-state index contributed by atoms with van der Waals surface area (Å²) in [5.41, 5.74) is 2.29. The van der Waals surface area contributed by atoms with Crippen LogP contribution < -0.4 is 15.5 Å². The lowest BCUT2D eigenvalue weighted by atomic mass is 9.95. The van der Waals surface area contributed by atoms with Gasteiger partial charge in [-0.25, -0.2) is 5.43 Å². The average molecular weight is 348 g/mol. The SMILES string of the molecule is COc1ccc(/C=N/NC(=O)C(=O)NC2CCCCC2)cc1[N+](=O)[O-]. The lowest BCUT2D eigenvalue weighted by Crippen LogP contribution is -2.44. The number of hydrogen-bond acceptors (Lipinski definition) is 6. The number of hydrogen-bond donors (Lipinski definition) is 2. The molecule has 1 aromatic carbocycles. The molecule has 1 aliphatic rings. The van der Waals surface area contributed by atoms with Gasteiger partial charge in [-0.05, 0) is 25.0 Å². The van der Waals surface area contributed by atoms with Gasteiger partial charge >= 0.3 is 17.5 Å². The monoisotopic (exact) mass is 348 g/mol. The zero-order chi connectivity index (χ0) is 18.2. The molecule has 2 amide bonds. The number of methoxy groups -OCH3 is 1. The molecule has 1 aliphatic carbocycles. The van der Waals surface area contributed by atoms with E-state index in [0.29, 0.717) is 5.56 Å². The van der Waals surface area contributed by atoms with Crippen molar-refractivity contribution in [3.8, 4) is 5.75 Å². The molecule has 0 radical (unpaired) electrons. The summed E-state index contributed by atoms with van der Waals surface area (Å²) in [4.78, 5) is 33.9. The molecule has 2 rings (SSSR count). The van der Waals surface area contributed by atoms with E-state index >= 15 is 0 Å². The van der Waals surface area contributed by atoms with Gasteiger partial charge in [0.2, 0.25) is 0 Å². The summed E-state index contributed by atoms with van der Waals surface area (Å²) in [6.45, 7) is 0. The van der Waals surface area contributed by atoms with Crippen LogP contribution in [0.3, 0.4) is 0 Å². The van der Waals surface area contributed by atoms with Gasteiger partial charge in [0.1, 0.15) is 0 Å². The molecular weight excluding hydrogens is 328 g/mol. The maximum atomic E-state index is 11.8. The molecule has 9 heteroatoms. The fraction of sp³-hybridized carbons (Fsp3) is 0.438. The van der Waals surface area contributed by atoms with E-state index in [1.807, 2.05) is 0 Å². The molecule has 1 saturated carbocycles. The lowest BCUT2D eigenvalue weighted by molar-refractivity contribution is -0.385. The highest BCUT2D eigenvalue weighted by atomic mass is 16.6. The number of nitro groups is 1. The van der Waals surface area contributed by atoms with Crippen LogP contribution in [0.1, 0.15) is 37.7 Å². The van der Waals surface area contributed by atoms with Crippen molar-refractivity contribution in [1.82, 2.24) is 10.7 Å². The van der Waals surface area contributed by atoms with Gasteiger partial charge in [-0.3, -0.25) is 19.7 Å². The first-order valence-corrected chi connectivity index (χ1v) is 7.97. The molecule has 134 valence electrons. The van der Waals surface area contributed by atoms with Crippen LogP contribution in [0.5, 0.6) is 5.75 Å². The molecule has 9 nitrogen and oxygen atoms in total. The van der Waals surface area contributed by atoms with E-state index in [-0.39, 0.29) is 17.5 Å². The van der Waals surface area contributed by atoms with E-state index in [2.05, 4.69) is 15.8 Å². The van der Waals surface area contributed by atoms with E-state index in [9.17, 15) is 19.7 Å². The number of nitrogens with zero attached hydrogens (tertiary/aromatic N) is 2. The van der Waals surface area contributed by atoms with Gasteiger partial charge < -0.3 is 10.1 Å². The fourth-order valence-electron chi connectivity index (χ4n) is 2.64. The third-order valence-electron chi connectivity index (χ3n) is 3.93. The third kappa shape index (κ3) is 5.27. The second kappa shape index (κ2) is 8.76. The summed E-state index contributed by atoms with van der Waals surface area (Å²) < 4.78 is 4.90. The van der Waals surface area contributed by atoms with Crippen molar-refractivity contribution in [2.45, 2.75) is 38.1 Å². The van der Waals surface area contributed by atoms with Crippen LogP contribution in [-0.2, 0) is 9.59 Å². The molecule has 0 heterocycles. The van der Waals surface area contributed by atoms with Gasteiger partial charge in [0.25, 0.3) is 0 Å². The molecule has 0 aromatic heterocycles. The standard InChI is InChI=1S/C16H20N4O5/c1-25-14-8-7-11(9-13(14)20(23)24)10-17-19-16(22)15(21)18-12-5-3-2-4-6-12/h7-10,12H,2-6H2,1H3,(H,18,21)(H,19,22)/b17-10+. The Balaban J connectivity index is 1.91. The second-order valence-electron chi connectivity index (χ2n) is 5.70. The van der Waals surface area contributed by atoms with Gasteiger partial charge in [-0.15, -0.1) is 0 Å². The molecule has 0 unspecified atom stereocenters. The Morgan fingerprint density at radius 3 is 2.64 bits per heavy atom. The highest BCUT2D eigenvalue weighted by Gasteiger charge is 2.20. The first kappa shape index (κ1) is 18.4. The Morgan fingerprint density at radius 1 is 1.28 bits per heavy atom. The Morgan fingerprint density at radius 2 is 2.00 bits per heavy atom. The van der Waals surface area contributed by atoms with Gasteiger partial charge in [0.15, 0.2) is 5.75 Å². The first-order chi connectivity index (χ1) is 12.0. The van der Waals surface area contributed by atoms with Crippen molar-refractivity contribution < 1.29 is 19.2 Å². The molecule has 2 N–H and O–H groups in total. The van der Waals surface area contributed by atoms with Crippen molar-refractivity contribution in [1.29, 1.82) is 0 Å². The van der Waals surface area contributed by atoms with Crippen LogP contribution in [0.25, 0.3) is 0 Å². The number of nitrogens with one attached hydrogen (secondary N) is 2. The van der Waals surface area contributed by atoms with Crippen LogP contribution in [-0.4, -0.2) is 36.1 Å². The van der Waals surface area contributed by atoms with Gasteiger partial charge in [0, 0.05) is 17.7 Å². The van der Waals surface area contributed by atoms with Crippen LogP contribution in [0.4, 0.5) is 5.69 Å². The molecule has 0 atom stereocenters. The summed E-state index contributed by atoms with van der Waals surface area (Å²) in [5.74, 6) is -1.48. The van der Waals surface area contributed by atoms with E-state index in [1.165, 1.54) is 25.5 Å². The van der Waals surface area contributed by atoms with Crippen LogP contribution in [0, 0.1) is 10.1 Å². The third-order valence-corrected chi connectivity index (χ3v) is 3.93. The number of nitro benzene ring substituents is 1. The molecule has 0 spiro atoms. The Kier molecular flexibility index (Phi) is 6.44. The number of carbonyl (C=O) groups is 2. The smallest absolute Gasteiger partial charge is 0.329 e. The molecule has 1 fully saturated rings. The number of ether oxygens (including phenoxy) is 1. The maximum absolute atomic E-state index is 11.8. The van der Waals surface area contributed by atoms with Gasteiger partial charge in [-0.1, -0.05) is 19.3 Å². The normalized spacial score (nSPS) is 14.9. The summed E-state index contributed by atoms with van der Waals surface area (Å²) in [6.07, 6.45) is 6.20. The highest BCUT2D eigenvalue weighted by Crippen LogP contribution is 2.26. The van der Waals surface area contributed by atoms with Crippen molar-refractivity contribution in [2.24, 2.45) is 5.10 Å². The zero-order valence-electron chi connectivity index (χ0n) is 13.9. The van der Waals surface area contributed by atoms with Crippen molar-refractivity contribution in [3.63, 3.8) is 0 Å². The zero-order valence-corrected chi connectivity index (χ0v) is 13.9. The largest absolute Gasteiger partial charge is 0.490 e. The van der Waals surface area contributed by atoms with Crippen molar-refractivity contribution in [2.75, 3.05) is 7.11 Å². The molecule has 25 heavy (non-hydrogen) atoms. The molecule has 0 bridgehead atoms. The van der Waals surface area contributed by atoms with E-state index in [4.69, 9.17) is 4.74 Å². The first-order valence-electron chi connectivity index (χ1n) is 7.97. The summed E-state index contributed by atoms with van der Waals surface area (Å²) in [7, 11) is 1.33. The molecule has 1 aromatic rings. The number of carbonyl (C=O) groups excluding carboxylic acids is 2. The quantitative estimate of drug-likeness (QED) is 0.361. The second-order valence-corrected chi connectivity index (χ2v) is 5.70. The fourth-order valence-corrected chi connectivity index (χ4v) is 2.64. The average Bonchev–Trinajstić information content (AvgIpc) is 2.62. The number of hydrazone groups is 1. The Hall–Kier alpha value is -2.97. The predicted octanol–water partition coefficient (Wildman–Crippen LogP) is 1.50. The van der Waals surface area contributed by atoms with Crippen LogP contribution in [0.2, 0.25) is 0 Å². The van der Waals surface area contributed by atoms with Crippen molar-refractivity contribution >= 4 is 23.7 Å².